The van der Waals surface area contributed by atoms with Gasteiger partial charge in [0.15, 0.2) is 5.16 Å². The summed E-state index contributed by atoms with van der Waals surface area (Å²) in [6, 6.07) is 10.5. The van der Waals surface area contributed by atoms with Crippen LogP contribution in [0.15, 0.2) is 35.5 Å². The van der Waals surface area contributed by atoms with Crippen LogP contribution in [0.25, 0.3) is 0 Å². The van der Waals surface area contributed by atoms with Crippen LogP contribution < -0.4 is 0 Å². The van der Waals surface area contributed by atoms with Gasteiger partial charge in [-0.05, 0) is 44.8 Å². The highest BCUT2D eigenvalue weighted by atomic mass is 32.2. The number of piperidine rings is 1. The molecule has 1 saturated heterocycles. The summed E-state index contributed by atoms with van der Waals surface area (Å²) in [5.41, 5.74) is 1.26. The number of benzene rings is 1. The van der Waals surface area contributed by atoms with Crippen LogP contribution in [0.4, 0.5) is 0 Å². The first kappa shape index (κ1) is 19.1. The van der Waals surface area contributed by atoms with E-state index in [1.165, 1.54) is 24.8 Å². The zero-order valence-corrected chi connectivity index (χ0v) is 16.4. The number of aromatic nitrogens is 3. The largest absolute Gasteiger partial charge is 0.300 e. The SMILES string of the molecule is CC(=O)CCCSc1nnc(CN2CCCCC2)n1Cc1ccccc1. The maximum atomic E-state index is 11.1. The molecule has 1 aliphatic rings. The number of likely N-dealkylation sites (tertiary alicyclic amines) is 1. The van der Waals surface area contributed by atoms with Crippen LogP contribution in [0.5, 0.6) is 0 Å². The van der Waals surface area contributed by atoms with E-state index in [4.69, 9.17) is 0 Å². The molecule has 0 spiro atoms. The molecule has 6 heteroatoms. The molecule has 0 atom stereocenters. The van der Waals surface area contributed by atoms with Crippen molar-refractivity contribution in [3.8, 4) is 0 Å². The Morgan fingerprint density at radius 2 is 1.85 bits per heavy atom. The van der Waals surface area contributed by atoms with Crippen LogP contribution >= 0.6 is 11.8 Å². The molecule has 0 N–H and O–H groups in total. The Balaban J connectivity index is 1.71. The van der Waals surface area contributed by atoms with Crippen molar-refractivity contribution in [2.45, 2.75) is 57.3 Å². The van der Waals surface area contributed by atoms with Crippen molar-refractivity contribution in [2.75, 3.05) is 18.8 Å². The maximum absolute atomic E-state index is 11.1. The predicted molar refractivity (Wildman–Crippen MR) is 105 cm³/mol. The molecule has 3 rings (SSSR count). The predicted octanol–water partition coefficient (Wildman–Crippen LogP) is 3.77. The summed E-state index contributed by atoms with van der Waals surface area (Å²) in [4.78, 5) is 13.6. The molecule has 0 amide bonds. The summed E-state index contributed by atoms with van der Waals surface area (Å²) in [6.07, 6.45) is 5.42. The zero-order valence-electron chi connectivity index (χ0n) is 15.6. The fraction of sp³-hybridized carbons (Fsp3) is 0.550. The van der Waals surface area contributed by atoms with Gasteiger partial charge >= 0.3 is 0 Å². The summed E-state index contributed by atoms with van der Waals surface area (Å²) in [5.74, 6) is 2.20. The lowest BCUT2D eigenvalue weighted by molar-refractivity contribution is -0.117. The van der Waals surface area contributed by atoms with Gasteiger partial charge in [-0.1, -0.05) is 48.5 Å². The van der Waals surface area contributed by atoms with Gasteiger partial charge in [-0.2, -0.15) is 0 Å². The Hall–Kier alpha value is -1.66. The summed E-state index contributed by atoms with van der Waals surface area (Å²) in [5, 5.41) is 9.92. The first-order valence-corrected chi connectivity index (χ1v) is 10.5. The highest BCUT2D eigenvalue weighted by Gasteiger charge is 2.17. The fourth-order valence-corrected chi connectivity index (χ4v) is 4.17. The number of carbonyl (C=O) groups is 1. The highest BCUT2D eigenvalue weighted by molar-refractivity contribution is 7.99. The van der Waals surface area contributed by atoms with E-state index in [1.54, 1.807) is 18.7 Å². The lowest BCUT2D eigenvalue weighted by atomic mass is 10.1. The second-order valence-electron chi connectivity index (χ2n) is 6.96. The van der Waals surface area contributed by atoms with Gasteiger partial charge in [0.25, 0.3) is 0 Å². The van der Waals surface area contributed by atoms with Gasteiger partial charge < -0.3 is 9.36 Å². The molecule has 5 nitrogen and oxygen atoms in total. The lowest BCUT2D eigenvalue weighted by Crippen LogP contribution is -2.30. The number of ketones is 1. The van der Waals surface area contributed by atoms with Crippen molar-refractivity contribution in [1.29, 1.82) is 0 Å². The standard InChI is InChI=1S/C20H28N4OS/c1-17(25)9-8-14-26-20-22-21-19(16-23-12-6-3-7-13-23)24(20)15-18-10-4-2-5-11-18/h2,4-5,10-11H,3,6-9,12-16H2,1H3. The van der Waals surface area contributed by atoms with Crippen LogP contribution in [0.3, 0.4) is 0 Å². The third-order valence-electron chi connectivity index (χ3n) is 4.70. The zero-order chi connectivity index (χ0) is 18.2. The molecule has 0 aliphatic carbocycles. The molecule has 26 heavy (non-hydrogen) atoms. The van der Waals surface area contributed by atoms with Crippen molar-refractivity contribution in [3.63, 3.8) is 0 Å². The van der Waals surface area contributed by atoms with E-state index in [9.17, 15) is 4.79 Å². The van der Waals surface area contributed by atoms with Gasteiger partial charge in [0, 0.05) is 12.2 Å². The monoisotopic (exact) mass is 372 g/mol. The van der Waals surface area contributed by atoms with E-state index in [-0.39, 0.29) is 5.78 Å². The van der Waals surface area contributed by atoms with Gasteiger partial charge in [-0.15, -0.1) is 10.2 Å². The molecule has 0 radical (unpaired) electrons. The minimum absolute atomic E-state index is 0.252. The molecule has 140 valence electrons. The molecule has 1 fully saturated rings. The molecular formula is C20H28N4OS. The summed E-state index contributed by atoms with van der Waals surface area (Å²) >= 11 is 1.71. The van der Waals surface area contributed by atoms with Crippen LogP contribution in [0, 0.1) is 0 Å². The minimum Gasteiger partial charge on any atom is -0.300 e. The maximum Gasteiger partial charge on any atom is 0.191 e. The van der Waals surface area contributed by atoms with Crippen LogP contribution in [-0.4, -0.2) is 44.3 Å². The molecule has 0 saturated carbocycles. The first-order valence-electron chi connectivity index (χ1n) is 9.53. The number of nitrogens with zero attached hydrogens (tertiary/aromatic N) is 4. The van der Waals surface area contributed by atoms with Crippen molar-refractivity contribution >= 4 is 17.5 Å². The van der Waals surface area contributed by atoms with Crippen LogP contribution in [-0.2, 0) is 17.9 Å². The average molecular weight is 373 g/mol. The fourth-order valence-electron chi connectivity index (χ4n) is 3.27. The van der Waals surface area contributed by atoms with Gasteiger partial charge in [-0.25, -0.2) is 0 Å². The average Bonchev–Trinajstić information content (AvgIpc) is 3.02. The van der Waals surface area contributed by atoms with Crippen molar-refractivity contribution in [3.05, 3.63) is 41.7 Å². The summed E-state index contributed by atoms with van der Waals surface area (Å²) in [7, 11) is 0. The number of hydrogen-bond acceptors (Lipinski definition) is 5. The number of hydrogen-bond donors (Lipinski definition) is 0. The second-order valence-corrected chi connectivity index (χ2v) is 8.02. The number of carbonyl (C=O) groups excluding carboxylic acids is 1. The third-order valence-corrected chi connectivity index (χ3v) is 5.75. The van der Waals surface area contributed by atoms with Gasteiger partial charge in [-0.3, -0.25) is 4.90 Å². The minimum atomic E-state index is 0.252. The number of thioether (sulfide) groups is 1. The Bertz CT molecular complexity index is 695. The Morgan fingerprint density at radius 1 is 1.08 bits per heavy atom. The Kier molecular flexibility index (Phi) is 7.26. The van der Waals surface area contributed by atoms with E-state index in [2.05, 4.69) is 43.9 Å². The second kappa shape index (κ2) is 9.88. The molecular weight excluding hydrogens is 344 g/mol. The van der Waals surface area contributed by atoms with Crippen LogP contribution in [0.1, 0.15) is 50.4 Å². The molecule has 0 bridgehead atoms. The molecule has 2 aromatic rings. The molecule has 2 heterocycles. The van der Waals surface area contributed by atoms with Gasteiger partial charge in [0.1, 0.15) is 11.6 Å². The number of Topliss-reactive ketones (excluding diaryl/α,β-unsaturated/α-hetero) is 1. The van der Waals surface area contributed by atoms with Crippen molar-refractivity contribution < 1.29 is 4.79 Å². The molecule has 1 aromatic heterocycles. The lowest BCUT2D eigenvalue weighted by Gasteiger charge is -2.26. The Labute approximate surface area is 160 Å². The van der Waals surface area contributed by atoms with E-state index >= 15 is 0 Å². The number of rotatable bonds is 9. The molecule has 1 aliphatic heterocycles. The molecule has 1 aromatic carbocycles. The quantitative estimate of drug-likeness (QED) is 0.495. The first-order chi connectivity index (χ1) is 12.7. The van der Waals surface area contributed by atoms with E-state index < -0.39 is 0 Å². The van der Waals surface area contributed by atoms with Gasteiger partial charge in [0.2, 0.25) is 0 Å². The van der Waals surface area contributed by atoms with Gasteiger partial charge in [0.05, 0.1) is 13.1 Å². The van der Waals surface area contributed by atoms with Crippen molar-refractivity contribution in [2.24, 2.45) is 0 Å². The topological polar surface area (TPSA) is 51.0 Å². The molecule has 0 unspecified atom stereocenters. The summed E-state index contributed by atoms with van der Waals surface area (Å²) in [6.45, 7) is 5.62. The summed E-state index contributed by atoms with van der Waals surface area (Å²) < 4.78 is 2.25. The smallest absolute Gasteiger partial charge is 0.191 e. The van der Waals surface area contributed by atoms with E-state index in [0.29, 0.717) is 6.42 Å². The third kappa shape index (κ3) is 5.68. The highest BCUT2D eigenvalue weighted by Crippen LogP contribution is 2.22. The van der Waals surface area contributed by atoms with Crippen molar-refractivity contribution in [1.82, 2.24) is 19.7 Å². The Morgan fingerprint density at radius 3 is 2.58 bits per heavy atom. The van der Waals surface area contributed by atoms with E-state index in [1.807, 2.05) is 6.07 Å². The normalized spacial score (nSPS) is 15.3. The van der Waals surface area contributed by atoms with Crippen LogP contribution in [0.2, 0.25) is 0 Å². The van der Waals surface area contributed by atoms with E-state index in [0.717, 1.165) is 49.3 Å².